The molecule has 0 aromatic heterocycles. The molecule has 0 bridgehead atoms. The molecule has 0 heterocycles. The van der Waals surface area contributed by atoms with E-state index in [-0.39, 0.29) is 0 Å². The first-order chi connectivity index (χ1) is 28.6. The maximum Gasteiger partial charge on any atom is 0.573 e. The van der Waals surface area contributed by atoms with Gasteiger partial charge in [0.2, 0.25) is 0 Å². The molecule has 0 atom stereocenters. The lowest BCUT2D eigenvalue weighted by atomic mass is 9.77. The van der Waals surface area contributed by atoms with Crippen LogP contribution < -0.4 is 18.9 Å². The van der Waals surface area contributed by atoms with Gasteiger partial charge in [-0.1, -0.05) is 57.4 Å². The topological polar surface area (TPSA) is 36.9 Å². The summed E-state index contributed by atoms with van der Waals surface area (Å²) in [6, 6.07) is 15.3. The summed E-state index contributed by atoms with van der Waals surface area (Å²) >= 11 is 0. The van der Waals surface area contributed by atoms with Crippen LogP contribution in [0.1, 0.15) is 119 Å². The van der Waals surface area contributed by atoms with E-state index in [2.05, 4.69) is 32.8 Å². The number of hydrogen-bond acceptors (Lipinski definition) is 4. The van der Waals surface area contributed by atoms with Gasteiger partial charge in [0.05, 0.1) is 11.1 Å². The Balaban J connectivity index is 0.000000231. The van der Waals surface area contributed by atoms with Gasteiger partial charge in [-0.25, -0.2) is 8.78 Å². The van der Waals surface area contributed by atoms with Gasteiger partial charge in [0.25, 0.3) is 0 Å². The molecule has 16 heteroatoms. The van der Waals surface area contributed by atoms with Crippen LogP contribution in [0.25, 0.3) is 0 Å². The predicted molar refractivity (Wildman–Crippen MR) is 203 cm³/mol. The van der Waals surface area contributed by atoms with E-state index in [4.69, 9.17) is 0 Å². The summed E-state index contributed by atoms with van der Waals surface area (Å²) in [5, 5.41) is 0. The molecule has 0 N–H and O–H groups in total. The third-order valence-corrected chi connectivity index (χ3v) is 11.2. The zero-order valence-corrected chi connectivity index (χ0v) is 33.3. The smallest absolute Gasteiger partial charge is 0.429 e. The molecule has 334 valence electrons. The fraction of sp³-hybridized carbons (Fsp3) is 0.467. The van der Waals surface area contributed by atoms with Crippen molar-refractivity contribution in [2.75, 3.05) is 0 Å². The van der Waals surface area contributed by atoms with Crippen LogP contribution in [0.4, 0.5) is 52.7 Å². The minimum Gasteiger partial charge on any atom is -0.429 e. The van der Waals surface area contributed by atoms with Crippen LogP contribution in [-0.2, 0) is 12.2 Å². The van der Waals surface area contributed by atoms with Crippen molar-refractivity contribution >= 4 is 0 Å². The van der Waals surface area contributed by atoms with E-state index in [9.17, 15) is 52.7 Å². The molecule has 61 heavy (non-hydrogen) atoms. The molecule has 4 nitrogen and oxygen atoms in total. The van der Waals surface area contributed by atoms with Gasteiger partial charge in [-0.3, -0.25) is 0 Å². The van der Waals surface area contributed by atoms with Crippen LogP contribution >= 0.6 is 0 Å². The molecule has 2 aliphatic carbocycles. The molecular weight excluding hydrogens is 832 g/mol. The van der Waals surface area contributed by atoms with Crippen molar-refractivity contribution in [2.45, 2.75) is 121 Å². The molecule has 0 aliphatic heterocycles. The summed E-state index contributed by atoms with van der Waals surface area (Å²) in [6.45, 7) is 4.34. The first-order valence-electron chi connectivity index (χ1n) is 20.1. The first-order valence-corrected chi connectivity index (χ1v) is 20.1. The molecule has 0 saturated heterocycles. The van der Waals surface area contributed by atoms with Crippen molar-refractivity contribution in [2.24, 2.45) is 11.8 Å². The molecule has 0 amide bonds. The Morgan fingerprint density at radius 2 is 0.820 bits per heavy atom. The third kappa shape index (κ3) is 13.9. The van der Waals surface area contributed by atoms with Crippen LogP contribution in [-0.4, -0.2) is 12.7 Å². The summed E-state index contributed by atoms with van der Waals surface area (Å²) in [5.41, 5.74) is 1.13. The van der Waals surface area contributed by atoms with Crippen molar-refractivity contribution in [3.05, 3.63) is 119 Å². The quantitative estimate of drug-likeness (QED) is 0.125. The molecule has 0 spiro atoms. The van der Waals surface area contributed by atoms with Crippen molar-refractivity contribution in [3.8, 4) is 23.0 Å². The summed E-state index contributed by atoms with van der Waals surface area (Å²) in [6.07, 6.45) is -5.57. The van der Waals surface area contributed by atoms with E-state index in [1.165, 1.54) is 37.1 Å². The van der Waals surface area contributed by atoms with E-state index in [0.29, 0.717) is 36.1 Å². The Hall–Kier alpha value is -4.76. The molecule has 4 aromatic carbocycles. The molecule has 2 fully saturated rings. The minimum atomic E-state index is -5.09. The van der Waals surface area contributed by atoms with E-state index >= 15 is 0 Å². The Morgan fingerprint density at radius 3 is 1.13 bits per heavy atom. The average Bonchev–Trinajstić information content (AvgIpc) is 3.20. The molecule has 2 aliphatic rings. The molecule has 0 radical (unpaired) electrons. The van der Waals surface area contributed by atoms with Crippen molar-refractivity contribution in [3.63, 3.8) is 0 Å². The molecule has 2 saturated carbocycles. The highest BCUT2D eigenvalue weighted by molar-refractivity contribution is 5.36. The van der Waals surface area contributed by atoms with Gasteiger partial charge < -0.3 is 18.9 Å². The fourth-order valence-corrected chi connectivity index (χ4v) is 7.91. The molecule has 0 unspecified atom stereocenters. The number of halogens is 12. The lowest BCUT2D eigenvalue weighted by molar-refractivity contribution is -0.276. The van der Waals surface area contributed by atoms with Gasteiger partial charge in [0.15, 0.2) is 23.1 Å². The van der Waals surface area contributed by atoms with Gasteiger partial charge in [-0.05, 0) is 135 Å². The van der Waals surface area contributed by atoms with Gasteiger partial charge in [-0.15, -0.1) is 26.3 Å². The number of alkyl halides is 10. The van der Waals surface area contributed by atoms with E-state index < -0.39 is 70.7 Å². The maximum absolute atomic E-state index is 14.5. The van der Waals surface area contributed by atoms with Crippen LogP contribution in [0.3, 0.4) is 0 Å². The second-order valence-corrected chi connectivity index (χ2v) is 15.4. The van der Waals surface area contributed by atoms with Gasteiger partial charge in [0, 0.05) is 12.1 Å². The standard InChI is InChI=1S/C23H24F6O2.C22H22F6O2/c1-2-3-15-4-6-16(7-5-15)17-8-10-18(11-9-17)22(25,26)30-19-12-13-21(20(24)14-19)31-23(27,28)29;1-2-14-3-5-15(6-4-14)16-7-9-17(10-8-16)21(24,25)29-18-11-12-20(19(23)13-18)30-22(26,27)28/h8-16H,2-7H2,1H3;7-15H,2-6H2,1H3. The fourth-order valence-electron chi connectivity index (χ4n) is 7.91. The van der Waals surface area contributed by atoms with E-state index in [0.717, 1.165) is 92.9 Å². The lowest BCUT2D eigenvalue weighted by Crippen LogP contribution is -2.22. The summed E-state index contributed by atoms with van der Waals surface area (Å²) in [4.78, 5) is 0. The summed E-state index contributed by atoms with van der Waals surface area (Å²) in [5.74, 6) is -4.25. The molecule has 6 rings (SSSR count). The van der Waals surface area contributed by atoms with Crippen LogP contribution in [0.2, 0.25) is 0 Å². The molecular formula is C45H46F12O4. The Labute approximate surface area is 346 Å². The van der Waals surface area contributed by atoms with Gasteiger partial charge >= 0.3 is 24.9 Å². The van der Waals surface area contributed by atoms with Crippen LogP contribution in [0.15, 0.2) is 84.9 Å². The second-order valence-electron chi connectivity index (χ2n) is 15.4. The van der Waals surface area contributed by atoms with Crippen molar-refractivity contribution in [1.29, 1.82) is 0 Å². The Bertz CT molecular complexity index is 1980. The Kier molecular flexibility index (Phi) is 15.5. The molecule has 4 aromatic rings. The highest BCUT2D eigenvalue weighted by atomic mass is 19.4. The number of rotatable bonds is 13. The minimum absolute atomic E-state index is 0.340. The lowest BCUT2D eigenvalue weighted by Gasteiger charge is -2.29. The normalized spacial score (nSPS) is 20.0. The van der Waals surface area contributed by atoms with Gasteiger partial charge in [-0.2, -0.15) is 17.6 Å². The average molecular weight is 879 g/mol. The van der Waals surface area contributed by atoms with E-state index in [1.54, 1.807) is 24.3 Å². The second kappa shape index (κ2) is 20.0. The Morgan fingerprint density at radius 1 is 0.459 bits per heavy atom. The maximum atomic E-state index is 14.5. The summed E-state index contributed by atoms with van der Waals surface area (Å²) < 4.78 is 175. The summed E-state index contributed by atoms with van der Waals surface area (Å²) in [7, 11) is 0. The SMILES string of the molecule is CCC1CCC(c2ccc(C(F)(F)Oc3ccc(OC(F)(F)F)c(F)c3)cc2)CC1.CCCC1CCC(c2ccc(C(F)(F)Oc3ccc(OC(F)(F)F)c(F)c3)cc2)CC1. The highest BCUT2D eigenvalue weighted by Gasteiger charge is 2.38. The van der Waals surface area contributed by atoms with Gasteiger partial charge in [0.1, 0.15) is 11.5 Å². The zero-order chi connectivity index (χ0) is 44.6. The zero-order valence-electron chi connectivity index (χ0n) is 33.3. The monoisotopic (exact) mass is 878 g/mol. The highest BCUT2D eigenvalue weighted by Crippen LogP contribution is 2.41. The van der Waals surface area contributed by atoms with Crippen LogP contribution in [0.5, 0.6) is 23.0 Å². The van der Waals surface area contributed by atoms with Crippen LogP contribution in [0, 0.1) is 23.5 Å². The first kappa shape index (κ1) is 47.3. The third-order valence-electron chi connectivity index (χ3n) is 11.2. The number of hydrogen-bond donors (Lipinski definition) is 0. The predicted octanol–water partition coefficient (Wildman–Crippen LogP) is 15.5. The largest absolute Gasteiger partial charge is 0.573 e. The number of ether oxygens (including phenoxy) is 4. The van der Waals surface area contributed by atoms with Crippen molar-refractivity contribution in [1.82, 2.24) is 0 Å². The van der Waals surface area contributed by atoms with Crippen molar-refractivity contribution < 1.29 is 71.6 Å². The van der Waals surface area contributed by atoms with E-state index in [1.807, 2.05) is 0 Å². The number of benzene rings is 4.